The Morgan fingerprint density at radius 3 is 0.435 bits per heavy atom. The molecule has 21 nitrogen and oxygen atoms in total. The maximum absolute atomic E-state index is 8.36. The maximum Gasteiger partial charge on any atom is 0.291 e. The molecule has 0 bridgehead atoms. The van der Waals surface area contributed by atoms with Gasteiger partial charge in [0.05, 0.1) is 0 Å². The molecule has 14 N–H and O–H groups in total. The summed E-state index contributed by atoms with van der Waals surface area (Å²) in [6, 6.07) is 0. The normalized spacial score (nSPS) is 4.17. The van der Waals surface area contributed by atoms with Crippen LogP contribution in [0.1, 0.15) is 0 Å². The second-order valence-corrected chi connectivity index (χ2v) is 0.951. The minimum absolute atomic E-state index is 0. The average molecular weight is 469 g/mol. The second kappa shape index (κ2) is 73.4. The molecule has 0 aromatic carbocycles. The van der Waals surface area contributed by atoms with Gasteiger partial charge in [-0.15, -0.1) is 40.5 Å². The van der Waals surface area contributed by atoms with E-state index in [1.165, 1.54) is 0 Å². The molecule has 0 spiro atoms. The van der Waals surface area contributed by atoms with Crippen LogP contribution in [-0.4, -0.2) is 68.6 Å². The molecule has 0 aromatic rings. The predicted octanol–water partition coefficient (Wildman–Crippen LogP) is -5.52. The van der Waals surface area contributed by atoms with Crippen molar-refractivity contribution in [3.8, 4) is 0 Å². The van der Waals surface area contributed by atoms with Crippen molar-refractivity contribution >= 4 is 0 Å². The van der Waals surface area contributed by atoms with Crippen molar-refractivity contribution in [2.75, 3.05) is 0 Å². The zero-order valence-electron chi connectivity index (χ0n) is 9.95. The summed E-state index contributed by atoms with van der Waals surface area (Å²) < 4.78 is 0. The van der Waals surface area contributed by atoms with Gasteiger partial charge in [0.2, 0.25) is 0 Å². The van der Waals surface area contributed by atoms with Crippen LogP contribution in [0.3, 0.4) is 0 Å². The minimum Gasteiger partial charge on any atom is -0.412 e. The molecule has 0 aliphatic carbocycles. The fraction of sp³-hybridized carbons (Fsp3) is 0. The zero-order valence-corrected chi connectivity index (χ0v) is 11.8. The maximum atomic E-state index is 8.36. The Kier molecular flexibility index (Phi) is 274. The number of hydrogen-bond donors (Lipinski definition) is 4. The van der Waals surface area contributed by atoms with Gasteiger partial charge in [-0.1, -0.05) is 0 Å². The molecule has 23 heteroatoms. The molecule has 0 saturated heterocycles. The molecule has 0 saturated carbocycles. The van der Waals surface area contributed by atoms with E-state index in [1.807, 2.05) is 0 Å². The topological polar surface area (TPSA) is 411 Å². The van der Waals surface area contributed by atoms with E-state index in [2.05, 4.69) is 0 Å². The molecule has 158 valence electrons. The van der Waals surface area contributed by atoms with E-state index in [1.54, 1.807) is 0 Å². The summed E-state index contributed by atoms with van der Waals surface area (Å²) in [6.45, 7) is 0. The van der Waals surface area contributed by atoms with Gasteiger partial charge in [-0.05, 0) is 0 Å². The Labute approximate surface area is 144 Å². The van der Waals surface area contributed by atoms with E-state index in [4.69, 9.17) is 61.3 Å². The molecule has 0 aromatic heterocycles. The third-order valence-corrected chi connectivity index (χ3v) is 0. The fourth-order valence-electron chi connectivity index (χ4n) is 0. The van der Waals surface area contributed by atoms with Crippen LogP contribution in [0.2, 0.25) is 0 Å². The van der Waals surface area contributed by atoms with E-state index < -0.39 is 20.3 Å². The van der Waals surface area contributed by atoms with Gasteiger partial charge in [-0.2, -0.15) is 0 Å². The fourth-order valence-corrected chi connectivity index (χ4v) is 0. The molecule has 0 rings (SSSR count). The van der Waals surface area contributed by atoms with Gasteiger partial charge in [-0.3, -0.25) is 0 Å². The first-order chi connectivity index (χ1) is 6.93. The SMILES string of the molecule is O.O.O.O.O.O=[N+]([O-])O.O=[N+]([O-])O.O=[N+]([O-])O.O=[N+]([O-])O.[Cu].[Cu]. The molecular weight excluding hydrogens is 455 g/mol. The molecule has 0 fully saturated rings. The summed E-state index contributed by atoms with van der Waals surface area (Å²) in [7, 11) is 0. The Bertz CT molecular complexity index is 165. The Hall–Kier alpha value is -2.36. The predicted molar refractivity (Wildman–Crippen MR) is 53.2 cm³/mol. The molecule has 2 radical (unpaired) electrons. The van der Waals surface area contributed by atoms with E-state index in [0.29, 0.717) is 0 Å². The van der Waals surface area contributed by atoms with Crippen molar-refractivity contribution < 1.29 is 103 Å². The molecular formula is H14Cu2N4O17. The first-order valence-electron chi connectivity index (χ1n) is 2.26. The van der Waals surface area contributed by atoms with E-state index in [9.17, 15) is 0 Å². The van der Waals surface area contributed by atoms with Crippen molar-refractivity contribution in [3.05, 3.63) is 40.5 Å². The molecule has 23 heavy (non-hydrogen) atoms. The summed E-state index contributed by atoms with van der Waals surface area (Å²) in [4.78, 5) is 33.4. The number of hydrogen-bond acceptors (Lipinski definition) is 8. The molecule has 0 amide bonds. The van der Waals surface area contributed by atoms with Crippen molar-refractivity contribution in [1.82, 2.24) is 0 Å². The van der Waals surface area contributed by atoms with Crippen LogP contribution in [0.4, 0.5) is 0 Å². The molecule has 0 aliphatic rings. The zero-order chi connectivity index (χ0) is 14.3. The second-order valence-electron chi connectivity index (χ2n) is 0.951. The summed E-state index contributed by atoms with van der Waals surface area (Å²) in [5.41, 5.74) is 0. The van der Waals surface area contributed by atoms with E-state index in [-0.39, 0.29) is 61.5 Å². The van der Waals surface area contributed by atoms with Gasteiger partial charge >= 0.3 is 0 Å². The molecule has 0 aliphatic heterocycles. The van der Waals surface area contributed by atoms with Gasteiger partial charge in [-0.25, -0.2) is 0 Å². The summed E-state index contributed by atoms with van der Waals surface area (Å²) >= 11 is 0. The Balaban J connectivity index is -0.00000000842. The third-order valence-electron chi connectivity index (χ3n) is 0. The van der Waals surface area contributed by atoms with Crippen molar-refractivity contribution in [1.29, 1.82) is 0 Å². The van der Waals surface area contributed by atoms with Gasteiger partial charge < -0.3 is 48.2 Å². The van der Waals surface area contributed by atoms with Crippen LogP contribution in [0.5, 0.6) is 0 Å². The minimum atomic E-state index is -1.50. The standard InChI is InChI=1S/2Cu.4HNO3.5H2O/c;;4*2-1(3)4;;;;;/h;;4*(H,2,3,4);5*1H2. The summed E-state index contributed by atoms with van der Waals surface area (Å²) in [6.07, 6.45) is 0. The average Bonchev–Trinajstić information content (AvgIpc) is 1.76. The van der Waals surface area contributed by atoms with Crippen LogP contribution in [-0.2, 0) is 34.1 Å². The van der Waals surface area contributed by atoms with E-state index >= 15 is 0 Å². The third kappa shape index (κ3) is 1100. The summed E-state index contributed by atoms with van der Waals surface area (Å²) in [5, 5.41) is 54.6. The van der Waals surface area contributed by atoms with Gasteiger partial charge in [0.25, 0.3) is 20.3 Å². The largest absolute Gasteiger partial charge is 0.412 e. The van der Waals surface area contributed by atoms with Crippen LogP contribution in [0, 0.1) is 40.5 Å². The number of nitrogens with zero attached hydrogens (tertiary/aromatic N) is 4. The van der Waals surface area contributed by atoms with Crippen LogP contribution in [0.25, 0.3) is 0 Å². The van der Waals surface area contributed by atoms with E-state index in [0.717, 1.165) is 0 Å². The van der Waals surface area contributed by atoms with Crippen LogP contribution < -0.4 is 0 Å². The molecule has 0 unspecified atom stereocenters. The van der Waals surface area contributed by atoms with Crippen molar-refractivity contribution in [2.24, 2.45) is 0 Å². The van der Waals surface area contributed by atoms with Crippen molar-refractivity contribution in [3.63, 3.8) is 0 Å². The van der Waals surface area contributed by atoms with Crippen LogP contribution in [0.15, 0.2) is 0 Å². The first-order valence-corrected chi connectivity index (χ1v) is 2.26. The van der Waals surface area contributed by atoms with Crippen molar-refractivity contribution in [2.45, 2.75) is 0 Å². The van der Waals surface area contributed by atoms with Gasteiger partial charge in [0.15, 0.2) is 0 Å². The monoisotopic (exact) mass is 468 g/mol. The van der Waals surface area contributed by atoms with Gasteiger partial charge in [0.1, 0.15) is 0 Å². The summed E-state index contributed by atoms with van der Waals surface area (Å²) in [5.74, 6) is 0. The first kappa shape index (κ1) is 85.7. The molecule has 0 atom stereocenters. The number of rotatable bonds is 0. The van der Waals surface area contributed by atoms with Crippen LogP contribution >= 0.6 is 0 Å². The molecule has 0 heterocycles. The Morgan fingerprint density at radius 1 is 0.435 bits per heavy atom. The van der Waals surface area contributed by atoms with Gasteiger partial charge in [0, 0.05) is 34.1 Å². The smallest absolute Gasteiger partial charge is 0.291 e. The Morgan fingerprint density at radius 2 is 0.435 bits per heavy atom. The quantitative estimate of drug-likeness (QED) is 0.146.